The Kier molecular flexibility index (Phi) is 3.22. The minimum atomic E-state index is -1.20. The van der Waals surface area contributed by atoms with E-state index in [2.05, 4.69) is 5.32 Å². The van der Waals surface area contributed by atoms with Crippen LogP contribution in [0.2, 0.25) is 0 Å². The molecule has 1 N–H and O–H groups in total. The van der Waals surface area contributed by atoms with Crippen LogP contribution in [0.1, 0.15) is 29.2 Å². The number of hydrogen-bond donors (Lipinski definition) is 1. The Morgan fingerprint density at radius 2 is 1.89 bits per heavy atom. The summed E-state index contributed by atoms with van der Waals surface area (Å²) in [6.07, 6.45) is 0. The van der Waals surface area contributed by atoms with Gasteiger partial charge in [-0.05, 0) is 39.3 Å². The van der Waals surface area contributed by atoms with E-state index in [9.17, 15) is 14.4 Å². The van der Waals surface area contributed by atoms with E-state index in [0.29, 0.717) is 0 Å². The molecule has 1 aromatic heterocycles. The highest BCUT2D eigenvalue weighted by molar-refractivity contribution is 7.12. The van der Waals surface area contributed by atoms with E-state index in [1.54, 1.807) is 11.3 Å². The van der Waals surface area contributed by atoms with E-state index < -0.39 is 23.3 Å². The number of barbiturate groups is 1. The molecule has 0 spiro atoms. The van der Waals surface area contributed by atoms with Gasteiger partial charge in [0.25, 0.3) is 0 Å². The molecule has 1 saturated heterocycles. The average molecular weight is 280 g/mol. The molecule has 2 rings (SSSR count). The summed E-state index contributed by atoms with van der Waals surface area (Å²) in [5, 5.41) is 2.22. The molecule has 2 heterocycles. The Morgan fingerprint density at radius 1 is 1.26 bits per heavy atom. The summed E-state index contributed by atoms with van der Waals surface area (Å²) in [4.78, 5) is 38.8. The van der Waals surface area contributed by atoms with Crippen molar-refractivity contribution in [2.45, 2.75) is 34.2 Å². The molecule has 5 nitrogen and oxygen atoms in total. The fourth-order valence-electron chi connectivity index (χ4n) is 1.87. The van der Waals surface area contributed by atoms with Crippen LogP contribution in [0.4, 0.5) is 4.79 Å². The number of rotatable bonds is 2. The molecule has 0 aliphatic carbocycles. The number of thiophene rings is 1. The van der Waals surface area contributed by atoms with E-state index in [1.807, 2.05) is 19.9 Å². The number of aryl methyl sites for hydroxylation is 2. The summed E-state index contributed by atoms with van der Waals surface area (Å²) >= 11 is 1.55. The average Bonchev–Trinajstić information content (AvgIpc) is 2.62. The van der Waals surface area contributed by atoms with Gasteiger partial charge in [-0.2, -0.15) is 0 Å². The van der Waals surface area contributed by atoms with E-state index in [0.717, 1.165) is 20.2 Å². The Hall–Kier alpha value is -1.69. The van der Waals surface area contributed by atoms with Crippen molar-refractivity contribution in [2.75, 3.05) is 0 Å². The number of hydrogen-bond acceptors (Lipinski definition) is 4. The minimum Gasteiger partial charge on any atom is -0.277 e. The summed E-state index contributed by atoms with van der Waals surface area (Å²) in [5.41, 5.74) is -0.0601. The van der Waals surface area contributed by atoms with Crippen molar-refractivity contribution in [3.05, 3.63) is 21.4 Å². The van der Waals surface area contributed by atoms with Gasteiger partial charge in [0.05, 0.1) is 6.54 Å². The Bertz CT molecular complexity index is 555. The van der Waals surface area contributed by atoms with Crippen LogP contribution >= 0.6 is 11.3 Å². The van der Waals surface area contributed by atoms with E-state index in [-0.39, 0.29) is 6.54 Å². The first-order valence-corrected chi connectivity index (χ1v) is 6.78. The third-order valence-corrected chi connectivity index (χ3v) is 4.48. The van der Waals surface area contributed by atoms with Crippen molar-refractivity contribution in [1.29, 1.82) is 0 Å². The Labute approximate surface area is 115 Å². The summed E-state index contributed by atoms with van der Waals surface area (Å²) < 4.78 is 0. The van der Waals surface area contributed by atoms with Crippen molar-refractivity contribution in [1.82, 2.24) is 10.2 Å². The van der Waals surface area contributed by atoms with Gasteiger partial charge in [-0.15, -0.1) is 11.3 Å². The molecule has 0 radical (unpaired) electrons. The number of amides is 4. The topological polar surface area (TPSA) is 66.5 Å². The van der Waals surface area contributed by atoms with Gasteiger partial charge in [0.15, 0.2) is 0 Å². The van der Waals surface area contributed by atoms with E-state index in [4.69, 9.17) is 0 Å². The predicted octanol–water partition coefficient (Wildman–Crippen LogP) is 1.97. The largest absolute Gasteiger partial charge is 0.331 e. The summed E-state index contributed by atoms with van der Waals surface area (Å²) in [7, 11) is 0. The van der Waals surface area contributed by atoms with Gasteiger partial charge < -0.3 is 0 Å². The third-order valence-electron chi connectivity index (χ3n) is 3.34. The molecule has 0 unspecified atom stereocenters. The van der Waals surface area contributed by atoms with E-state index >= 15 is 0 Å². The van der Waals surface area contributed by atoms with Gasteiger partial charge >= 0.3 is 6.03 Å². The molecule has 1 fully saturated rings. The van der Waals surface area contributed by atoms with Crippen LogP contribution in [0.3, 0.4) is 0 Å². The van der Waals surface area contributed by atoms with Crippen molar-refractivity contribution < 1.29 is 14.4 Å². The molecule has 0 atom stereocenters. The standard InChI is InChI=1S/C13H16N2O3S/c1-7-5-9(19-8(7)2)6-15-11(17)13(3,4)10(16)14-12(15)18/h5H,6H2,1-4H3,(H,14,16,18). The van der Waals surface area contributed by atoms with Gasteiger partial charge in [-0.1, -0.05) is 0 Å². The van der Waals surface area contributed by atoms with Crippen LogP contribution in [0.5, 0.6) is 0 Å². The number of carbonyl (C=O) groups is 3. The lowest BCUT2D eigenvalue weighted by atomic mass is 9.89. The minimum absolute atomic E-state index is 0.209. The highest BCUT2D eigenvalue weighted by atomic mass is 32.1. The molecular weight excluding hydrogens is 264 g/mol. The molecule has 1 aliphatic heterocycles. The second kappa shape index (κ2) is 4.45. The second-order valence-corrected chi connectivity index (χ2v) is 6.57. The quantitative estimate of drug-likeness (QED) is 0.842. The number of carbonyl (C=O) groups excluding carboxylic acids is 3. The fraction of sp³-hybridized carbons (Fsp3) is 0.462. The van der Waals surface area contributed by atoms with Crippen LogP contribution in [0.25, 0.3) is 0 Å². The second-order valence-electron chi connectivity index (χ2n) is 5.23. The molecule has 19 heavy (non-hydrogen) atoms. The van der Waals surface area contributed by atoms with Gasteiger partial charge in [-0.3, -0.25) is 19.8 Å². The lowest BCUT2D eigenvalue weighted by Gasteiger charge is -2.34. The molecule has 0 aromatic carbocycles. The maximum absolute atomic E-state index is 12.2. The van der Waals surface area contributed by atoms with Crippen molar-refractivity contribution in [2.24, 2.45) is 5.41 Å². The van der Waals surface area contributed by atoms with Gasteiger partial charge in [0.1, 0.15) is 5.41 Å². The normalized spacial score (nSPS) is 18.7. The number of urea groups is 1. The zero-order valence-corrected chi connectivity index (χ0v) is 12.2. The van der Waals surface area contributed by atoms with E-state index in [1.165, 1.54) is 13.8 Å². The Morgan fingerprint density at radius 3 is 2.42 bits per heavy atom. The van der Waals surface area contributed by atoms with Crippen LogP contribution in [0.15, 0.2) is 6.07 Å². The van der Waals surface area contributed by atoms with Crippen LogP contribution < -0.4 is 5.32 Å². The molecule has 102 valence electrons. The molecule has 4 amide bonds. The zero-order chi connectivity index (χ0) is 14.4. The summed E-state index contributed by atoms with van der Waals surface area (Å²) in [5.74, 6) is -0.998. The monoisotopic (exact) mass is 280 g/mol. The predicted molar refractivity (Wildman–Crippen MR) is 71.7 cm³/mol. The van der Waals surface area contributed by atoms with Crippen LogP contribution in [-0.4, -0.2) is 22.7 Å². The fourth-order valence-corrected chi connectivity index (χ4v) is 2.92. The van der Waals surface area contributed by atoms with Crippen LogP contribution in [0, 0.1) is 19.3 Å². The molecule has 1 aliphatic rings. The molecule has 1 aromatic rings. The highest BCUT2D eigenvalue weighted by Gasteiger charge is 2.46. The smallest absolute Gasteiger partial charge is 0.277 e. The zero-order valence-electron chi connectivity index (χ0n) is 11.4. The first kappa shape index (κ1) is 13.7. The summed E-state index contributed by atoms with van der Waals surface area (Å²) in [6, 6.07) is 1.32. The SMILES string of the molecule is Cc1cc(CN2C(=O)NC(=O)C(C)(C)C2=O)sc1C. The van der Waals surface area contributed by atoms with Crippen LogP contribution in [-0.2, 0) is 16.1 Å². The highest BCUT2D eigenvalue weighted by Crippen LogP contribution is 2.27. The lowest BCUT2D eigenvalue weighted by Crippen LogP contribution is -2.61. The van der Waals surface area contributed by atoms with Gasteiger partial charge in [-0.25, -0.2) is 4.79 Å². The number of nitrogens with one attached hydrogen (secondary N) is 1. The first-order chi connectivity index (χ1) is 8.73. The van der Waals surface area contributed by atoms with Crippen molar-refractivity contribution in [3.63, 3.8) is 0 Å². The Balaban J connectivity index is 2.26. The third kappa shape index (κ3) is 2.28. The summed E-state index contributed by atoms with van der Waals surface area (Å²) in [6.45, 7) is 7.24. The van der Waals surface area contributed by atoms with Gasteiger partial charge in [0, 0.05) is 9.75 Å². The van der Waals surface area contributed by atoms with Crippen molar-refractivity contribution in [3.8, 4) is 0 Å². The lowest BCUT2D eigenvalue weighted by molar-refractivity contribution is -0.149. The van der Waals surface area contributed by atoms with Crippen molar-refractivity contribution >= 4 is 29.2 Å². The molecule has 0 saturated carbocycles. The number of nitrogens with zero attached hydrogens (tertiary/aromatic N) is 1. The maximum atomic E-state index is 12.2. The maximum Gasteiger partial charge on any atom is 0.331 e. The first-order valence-electron chi connectivity index (χ1n) is 5.96. The molecule has 0 bridgehead atoms. The van der Waals surface area contributed by atoms with Gasteiger partial charge in [0.2, 0.25) is 11.8 Å². The number of imide groups is 2. The molecule has 6 heteroatoms. The molecular formula is C13H16N2O3S.